The molecule has 4 nitrogen and oxygen atoms in total. The highest BCUT2D eigenvalue weighted by molar-refractivity contribution is 7.45. The van der Waals surface area contributed by atoms with Gasteiger partial charge in [-0.15, -0.1) is 0 Å². The third-order valence-electron chi connectivity index (χ3n) is 7.18. The lowest BCUT2D eigenvalue weighted by Gasteiger charge is -2.16. The molecule has 0 N–H and O–H groups in total. The maximum absolute atomic E-state index is 6.83. The average molecular weight is 518 g/mol. The van der Waals surface area contributed by atoms with Crippen LogP contribution in [-0.2, 0) is 4.74 Å². The summed E-state index contributed by atoms with van der Waals surface area (Å²) < 4.78 is 19.7. The van der Waals surface area contributed by atoms with E-state index in [-0.39, 0.29) is 11.5 Å². The van der Waals surface area contributed by atoms with Gasteiger partial charge in [0.1, 0.15) is 23.8 Å². The van der Waals surface area contributed by atoms with Crippen molar-refractivity contribution in [2.75, 3.05) is 6.61 Å². The third-order valence-corrected chi connectivity index (χ3v) is 8.70. The zero-order valence-electron chi connectivity index (χ0n) is 21.6. The number of rotatable bonds is 2. The van der Waals surface area contributed by atoms with Crippen LogP contribution < -0.4 is 0 Å². The van der Waals surface area contributed by atoms with E-state index in [4.69, 9.17) is 18.1 Å². The van der Waals surface area contributed by atoms with Crippen LogP contribution in [0.15, 0.2) is 110 Å². The molecule has 1 aliphatic heterocycles. The predicted molar refractivity (Wildman–Crippen MR) is 158 cm³/mol. The first kappa shape index (κ1) is 23.1. The molecular weight excluding hydrogens is 489 g/mol. The van der Waals surface area contributed by atoms with E-state index in [1.807, 2.05) is 6.07 Å². The van der Waals surface area contributed by atoms with Crippen LogP contribution in [0.25, 0.3) is 48.8 Å². The minimum Gasteiger partial charge on any atom is -0.478 e. The highest BCUT2D eigenvalue weighted by Crippen LogP contribution is 2.48. The average Bonchev–Trinajstić information content (AvgIpc) is 3.37. The monoisotopic (exact) mass is 517 g/mol. The number of fused-ring (bicyclic) bond motifs is 7. The van der Waals surface area contributed by atoms with Gasteiger partial charge in [0.15, 0.2) is 5.90 Å². The molecule has 0 saturated heterocycles. The third kappa shape index (κ3) is 3.79. The second kappa shape index (κ2) is 8.79. The number of hydrogen-bond acceptors (Lipinski definition) is 4. The van der Waals surface area contributed by atoms with Gasteiger partial charge in [0.05, 0.1) is 5.30 Å². The van der Waals surface area contributed by atoms with Crippen molar-refractivity contribution in [3.8, 4) is 5.30 Å². The van der Waals surface area contributed by atoms with Crippen molar-refractivity contribution >= 4 is 57.4 Å². The summed E-state index contributed by atoms with van der Waals surface area (Å²) in [5, 5.41) is 7.83. The molecule has 1 aromatic heterocycles. The summed E-state index contributed by atoms with van der Waals surface area (Å²) in [6.45, 7) is 6.91. The van der Waals surface area contributed by atoms with Gasteiger partial charge in [-0.25, -0.2) is 4.99 Å². The summed E-state index contributed by atoms with van der Waals surface area (Å²) in [5.41, 5.74) is 2.62. The van der Waals surface area contributed by atoms with E-state index in [1.165, 1.54) is 10.8 Å². The van der Waals surface area contributed by atoms with Crippen molar-refractivity contribution in [3.05, 3.63) is 103 Å². The Morgan fingerprint density at radius 3 is 1.82 bits per heavy atom. The summed E-state index contributed by atoms with van der Waals surface area (Å²) in [6, 6.07) is 33.6. The number of nitrogens with zero attached hydrogens (tertiary/aromatic N) is 1. The van der Waals surface area contributed by atoms with Gasteiger partial charge in [0.2, 0.25) is 0 Å². The Morgan fingerprint density at radius 1 is 0.684 bits per heavy atom. The van der Waals surface area contributed by atoms with Gasteiger partial charge in [-0.2, -0.15) is 0 Å². The number of benzene rings is 5. The van der Waals surface area contributed by atoms with E-state index in [0.29, 0.717) is 6.61 Å². The fourth-order valence-electron chi connectivity index (χ4n) is 5.35. The van der Waals surface area contributed by atoms with Crippen molar-refractivity contribution in [2.24, 2.45) is 10.4 Å². The Kier molecular flexibility index (Phi) is 5.35. The first-order chi connectivity index (χ1) is 18.5. The van der Waals surface area contributed by atoms with Gasteiger partial charge in [0, 0.05) is 16.2 Å². The fraction of sp³-hybridized carbons (Fsp3) is 0.182. The van der Waals surface area contributed by atoms with Crippen LogP contribution in [0, 0.1) is 5.41 Å². The first-order valence-corrected chi connectivity index (χ1v) is 14.1. The molecule has 2 heterocycles. The Labute approximate surface area is 222 Å². The molecule has 0 aliphatic carbocycles. The SMILES string of the molecule is CC(C)(C)C1=N[C@@H](c2ccccc2-p2oc3ccc4ccccc4c3c3c(ccc4ccccc43)o2)CO1. The van der Waals surface area contributed by atoms with Crippen LogP contribution in [0.1, 0.15) is 32.4 Å². The molecule has 38 heavy (non-hydrogen) atoms. The molecule has 0 amide bonds. The lowest BCUT2D eigenvalue weighted by atomic mass is 9.97. The highest BCUT2D eigenvalue weighted by Gasteiger charge is 2.31. The van der Waals surface area contributed by atoms with Gasteiger partial charge in [-0.3, -0.25) is 0 Å². The second-order valence-electron chi connectivity index (χ2n) is 10.8. The van der Waals surface area contributed by atoms with Crippen molar-refractivity contribution < 1.29 is 13.1 Å². The Hall–Kier alpha value is -4.01. The Morgan fingerprint density at radius 2 is 1.24 bits per heavy atom. The van der Waals surface area contributed by atoms with E-state index in [1.54, 1.807) is 0 Å². The van der Waals surface area contributed by atoms with Crippen LogP contribution in [-0.4, -0.2) is 12.5 Å². The number of ether oxygens (including phenoxy) is 1. The van der Waals surface area contributed by atoms with Crippen molar-refractivity contribution in [1.82, 2.24) is 0 Å². The molecule has 0 unspecified atom stereocenters. The number of hydrogen-bond donors (Lipinski definition) is 0. The molecule has 0 saturated carbocycles. The van der Waals surface area contributed by atoms with E-state index in [2.05, 4.69) is 112 Å². The van der Waals surface area contributed by atoms with Crippen LogP contribution in [0.4, 0.5) is 0 Å². The summed E-state index contributed by atoms with van der Waals surface area (Å²) >= 11 is 0. The molecule has 0 spiro atoms. The van der Waals surface area contributed by atoms with E-state index in [9.17, 15) is 0 Å². The standard InChI is InChI=1S/C33H28NO3P/c1-33(2,3)32-34-26(20-35-32)25-14-8-9-15-29(25)38-36-27-18-16-21-10-4-6-12-23(21)30(27)31-24-13-7-5-11-22(24)17-19-28(31)37-38/h4-19,26H,20H2,1-3H3/t26-/m1/s1. The molecule has 5 heteroatoms. The van der Waals surface area contributed by atoms with Crippen molar-refractivity contribution in [1.29, 1.82) is 0 Å². The fourth-order valence-corrected chi connectivity index (χ4v) is 6.88. The molecule has 0 radical (unpaired) electrons. The zero-order chi connectivity index (χ0) is 25.9. The van der Waals surface area contributed by atoms with Crippen molar-refractivity contribution in [2.45, 2.75) is 26.8 Å². The molecule has 1 aliphatic rings. The highest BCUT2D eigenvalue weighted by atomic mass is 31.1. The van der Waals surface area contributed by atoms with Gasteiger partial charge in [-0.1, -0.05) is 99.6 Å². The van der Waals surface area contributed by atoms with Gasteiger partial charge in [-0.05, 0) is 45.3 Å². The summed E-state index contributed by atoms with van der Waals surface area (Å²) in [4.78, 5) is 4.97. The molecule has 5 aromatic carbocycles. The van der Waals surface area contributed by atoms with Gasteiger partial charge >= 0.3 is 0 Å². The summed E-state index contributed by atoms with van der Waals surface area (Å²) in [6.07, 6.45) is 0. The maximum Gasteiger partial charge on any atom is 0.253 e. The molecule has 7 rings (SSSR count). The lowest BCUT2D eigenvalue weighted by molar-refractivity contribution is 0.283. The topological polar surface area (TPSA) is 47.9 Å². The molecular formula is C33H28NO3P. The summed E-state index contributed by atoms with van der Waals surface area (Å²) in [5.74, 6) is 0.793. The zero-order valence-corrected chi connectivity index (χ0v) is 22.5. The quantitative estimate of drug-likeness (QED) is 0.230. The molecule has 188 valence electrons. The smallest absolute Gasteiger partial charge is 0.253 e. The lowest BCUT2D eigenvalue weighted by Crippen LogP contribution is -2.20. The van der Waals surface area contributed by atoms with Crippen LogP contribution >= 0.6 is 8.01 Å². The van der Waals surface area contributed by atoms with E-state index < -0.39 is 8.01 Å². The van der Waals surface area contributed by atoms with Gasteiger partial charge < -0.3 is 13.1 Å². The Bertz CT molecular complexity index is 1830. The van der Waals surface area contributed by atoms with Crippen LogP contribution in [0.3, 0.4) is 0 Å². The minimum absolute atomic E-state index is 0.0921. The first-order valence-electron chi connectivity index (χ1n) is 13.0. The molecule has 6 aromatic rings. The van der Waals surface area contributed by atoms with E-state index >= 15 is 0 Å². The van der Waals surface area contributed by atoms with E-state index in [0.717, 1.165) is 49.5 Å². The molecule has 0 bridgehead atoms. The van der Waals surface area contributed by atoms with Crippen LogP contribution in [0.2, 0.25) is 0 Å². The molecule has 0 fully saturated rings. The number of aliphatic imine (C=N–C) groups is 1. The van der Waals surface area contributed by atoms with Gasteiger partial charge in [0.25, 0.3) is 8.01 Å². The minimum atomic E-state index is -1.48. The second-order valence-corrected chi connectivity index (χ2v) is 12.2. The predicted octanol–water partition coefficient (Wildman–Crippen LogP) is 10.1. The molecule has 1 atom stereocenters. The Balaban J connectivity index is 1.57. The summed E-state index contributed by atoms with van der Waals surface area (Å²) in [7, 11) is -1.48. The van der Waals surface area contributed by atoms with Crippen molar-refractivity contribution in [3.63, 3.8) is 0 Å². The van der Waals surface area contributed by atoms with Crippen LogP contribution in [0.5, 0.6) is 0 Å². The largest absolute Gasteiger partial charge is 0.478 e. The maximum atomic E-state index is 6.83. The normalized spacial score (nSPS) is 15.8.